The molecule has 0 aliphatic heterocycles. The van der Waals surface area contributed by atoms with Crippen molar-refractivity contribution >= 4 is 17.2 Å². The van der Waals surface area contributed by atoms with Crippen LogP contribution in [0.1, 0.15) is 18.4 Å². The Morgan fingerprint density at radius 2 is 2.14 bits per heavy atom. The summed E-state index contributed by atoms with van der Waals surface area (Å²) in [5.41, 5.74) is 4.27. The lowest BCUT2D eigenvalue weighted by Gasteiger charge is -2.10. The number of imidazole rings is 1. The lowest BCUT2D eigenvalue weighted by Crippen LogP contribution is -2.15. The summed E-state index contributed by atoms with van der Waals surface area (Å²) in [6.07, 6.45) is 6.37. The molecule has 1 aromatic carbocycles. The Morgan fingerprint density at radius 1 is 1.24 bits per heavy atom. The van der Waals surface area contributed by atoms with Crippen molar-refractivity contribution in [1.82, 2.24) is 14.7 Å². The predicted octanol–water partition coefficient (Wildman–Crippen LogP) is 3.91. The summed E-state index contributed by atoms with van der Waals surface area (Å²) in [4.78, 5) is 4.32. The van der Waals surface area contributed by atoms with Crippen molar-refractivity contribution in [2.75, 3.05) is 0 Å². The highest BCUT2D eigenvalue weighted by atomic mass is 35.5. The van der Waals surface area contributed by atoms with Gasteiger partial charge in [-0.25, -0.2) is 4.98 Å². The predicted molar refractivity (Wildman–Crippen MR) is 85.5 cm³/mol. The van der Waals surface area contributed by atoms with Gasteiger partial charge in [0.15, 0.2) is 0 Å². The fourth-order valence-electron chi connectivity index (χ4n) is 2.59. The van der Waals surface area contributed by atoms with Gasteiger partial charge in [0, 0.05) is 30.5 Å². The van der Waals surface area contributed by atoms with Gasteiger partial charge in [-0.15, -0.1) is 0 Å². The van der Waals surface area contributed by atoms with Gasteiger partial charge >= 0.3 is 0 Å². The fraction of sp³-hybridized carbons (Fsp3) is 0.235. The van der Waals surface area contributed by atoms with Crippen molar-refractivity contribution in [3.8, 4) is 11.3 Å². The highest BCUT2D eigenvalue weighted by Gasteiger charge is 2.20. The van der Waals surface area contributed by atoms with Crippen LogP contribution in [0.25, 0.3) is 16.9 Å². The van der Waals surface area contributed by atoms with Crippen LogP contribution in [0.15, 0.2) is 48.8 Å². The molecular weight excluding hydrogens is 282 g/mol. The second-order valence-electron chi connectivity index (χ2n) is 5.54. The zero-order valence-electron chi connectivity index (χ0n) is 11.6. The number of halogens is 1. The molecule has 106 valence electrons. The standard InChI is InChI=1S/C17H16ClN3/c18-15-10-12(11-20-13-5-6-13)4-7-14(15)16-2-1-3-17-19-8-9-21(16)17/h1-4,7-10,13,20H,5-6,11H2. The monoisotopic (exact) mass is 297 g/mol. The molecule has 2 heterocycles. The largest absolute Gasteiger partial charge is 0.310 e. The van der Waals surface area contributed by atoms with Gasteiger partial charge in [0.05, 0.1) is 10.7 Å². The van der Waals surface area contributed by atoms with Gasteiger partial charge in [-0.1, -0.05) is 29.8 Å². The van der Waals surface area contributed by atoms with E-state index < -0.39 is 0 Å². The van der Waals surface area contributed by atoms with Crippen LogP contribution in [0.3, 0.4) is 0 Å². The molecule has 0 saturated heterocycles. The minimum Gasteiger partial charge on any atom is -0.310 e. The van der Waals surface area contributed by atoms with Crippen molar-refractivity contribution in [3.63, 3.8) is 0 Å². The molecule has 0 spiro atoms. The molecule has 0 radical (unpaired) electrons. The first-order valence-corrected chi connectivity index (χ1v) is 7.63. The Balaban J connectivity index is 1.69. The Morgan fingerprint density at radius 3 is 2.95 bits per heavy atom. The van der Waals surface area contributed by atoms with E-state index in [0.717, 1.165) is 28.5 Å². The topological polar surface area (TPSA) is 29.3 Å². The van der Waals surface area contributed by atoms with E-state index in [1.807, 2.05) is 18.3 Å². The third-order valence-electron chi connectivity index (χ3n) is 3.91. The van der Waals surface area contributed by atoms with Crippen LogP contribution in [-0.4, -0.2) is 15.4 Å². The van der Waals surface area contributed by atoms with E-state index in [9.17, 15) is 0 Å². The van der Waals surface area contributed by atoms with E-state index in [-0.39, 0.29) is 0 Å². The summed E-state index contributed by atoms with van der Waals surface area (Å²) in [5.74, 6) is 0. The summed E-state index contributed by atoms with van der Waals surface area (Å²) < 4.78 is 2.06. The maximum Gasteiger partial charge on any atom is 0.137 e. The number of hydrogen-bond donors (Lipinski definition) is 1. The molecular formula is C17H16ClN3. The van der Waals surface area contributed by atoms with Crippen LogP contribution in [0, 0.1) is 0 Å². The molecule has 1 fully saturated rings. The zero-order valence-corrected chi connectivity index (χ0v) is 12.3. The SMILES string of the molecule is Clc1cc(CNC2CC2)ccc1-c1cccc2nccn12. The van der Waals surface area contributed by atoms with Crippen LogP contribution < -0.4 is 5.32 Å². The normalized spacial score (nSPS) is 14.7. The van der Waals surface area contributed by atoms with Crippen molar-refractivity contribution in [1.29, 1.82) is 0 Å². The van der Waals surface area contributed by atoms with Gasteiger partial charge in [-0.05, 0) is 36.6 Å². The number of benzene rings is 1. The van der Waals surface area contributed by atoms with E-state index >= 15 is 0 Å². The third-order valence-corrected chi connectivity index (χ3v) is 4.22. The lowest BCUT2D eigenvalue weighted by molar-refractivity contribution is 0.688. The molecule has 0 amide bonds. The van der Waals surface area contributed by atoms with Crippen molar-refractivity contribution < 1.29 is 0 Å². The molecule has 0 bridgehead atoms. The Hall–Kier alpha value is -1.84. The highest BCUT2D eigenvalue weighted by molar-refractivity contribution is 6.33. The summed E-state index contributed by atoms with van der Waals surface area (Å²) in [7, 11) is 0. The molecule has 1 N–H and O–H groups in total. The van der Waals surface area contributed by atoms with Gasteiger partial charge in [0.25, 0.3) is 0 Å². The summed E-state index contributed by atoms with van der Waals surface area (Å²) in [6, 6.07) is 13.1. The average molecular weight is 298 g/mol. The molecule has 2 aromatic heterocycles. The Bertz CT molecular complexity index is 790. The van der Waals surface area contributed by atoms with Crippen molar-refractivity contribution in [2.24, 2.45) is 0 Å². The fourth-order valence-corrected chi connectivity index (χ4v) is 2.89. The average Bonchev–Trinajstić information content (AvgIpc) is 3.20. The van der Waals surface area contributed by atoms with Gasteiger partial charge in [-0.3, -0.25) is 4.40 Å². The van der Waals surface area contributed by atoms with Gasteiger partial charge in [0.2, 0.25) is 0 Å². The number of pyridine rings is 1. The highest BCUT2D eigenvalue weighted by Crippen LogP contribution is 2.29. The molecule has 1 saturated carbocycles. The molecule has 0 atom stereocenters. The first kappa shape index (κ1) is 12.9. The van der Waals surface area contributed by atoms with Gasteiger partial charge in [0.1, 0.15) is 5.65 Å². The molecule has 3 aromatic rings. The van der Waals surface area contributed by atoms with Crippen molar-refractivity contribution in [3.05, 3.63) is 59.4 Å². The van der Waals surface area contributed by atoms with E-state index in [4.69, 9.17) is 11.6 Å². The first-order valence-electron chi connectivity index (χ1n) is 7.25. The molecule has 21 heavy (non-hydrogen) atoms. The van der Waals surface area contributed by atoms with Gasteiger partial charge < -0.3 is 5.32 Å². The molecule has 4 rings (SSSR count). The second kappa shape index (κ2) is 5.17. The minimum absolute atomic E-state index is 0.711. The van der Waals surface area contributed by atoms with Crippen molar-refractivity contribution in [2.45, 2.75) is 25.4 Å². The summed E-state index contributed by atoms with van der Waals surface area (Å²) in [6.45, 7) is 0.889. The number of rotatable bonds is 4. The van der Waals surface area contributed by atoms with E-state index in [2.05, 4.69) is 39.0 Å². The maximum absolute atomic E-state index is 6.50. The number of fused-ring (bicyclic) bond motifs is 1. The summed E-state index contributed by atoms with van der Waals surface area (Å²) in [5, 5.41) is 4.29. The van der Waals surface area contributed by atoms with Crippen LogP contribution in [0.4, 0.5) is 0 Å². The van der Waals surface area contributed by atoms with E-state index in [1.54, 1.807) is 6.20 Å². The third kappa shape index (κ3) is 2.55. The van der Waals surface area contributed by atoms with Crippen LogP contribution >= 0.6 is 11.6 Å². The van der Waals surface area contributed by atoms with Crippen LogP contribution in [-0.2, 0) is 6.54 Å². The number of aromatic nitrogens is 2. The molecule has 0 unspecified atom stereocenters. The van der Waals surface area contributed by atoms with Crippen LogP contribution in [0.5, 0.6) is 0 Å². The van der Waals surface area contributed by atoms with E-state index in [1.165, 1.54) is 18.4 Å². The Kier molecular flexibility index (Phi) is 3.17. The second-order valence-corrected chi connectivity index (χ2v) is 5.94. The molecule has 4 heteroatoms. The zero-order chi connectivity index (χ0) is 14.2. The maximum atomic E-state index is 6.50. The quantitative estimate of drug-likeness (QED) is 0.791. The van der Waals surface area contributed by atoms with Gasteiger partial charge in [-0.2, -0.15) is 0 Å². The smallest absolute Gasteiger partial charge is 0.137 e. The van der Waals surface area contributed by atoms with E-state index in [0.29, 0.717) is 6.04 Å². The number of nitrogens with zero attached hydrogens (tertiary/aromatic N) is 2. The lowest BCUT2D eigenvalue weighted by atomic mass is 10.1. The Labute approximate surface area is 128 Å². The molecule has 1 aliphatic carbocycles. The first-order chi connectivity index (χ1) is 10.3. The number of nitrogens with one attached hydrogen (secondary N) is 1. The summed E-state index contributed by atoms with van der Waals surface area (Å²) >= 11 is 6.50. The number of hydrogen-bond acceptors (Lipinski definition) is 2. The molecule has 1 aliphatic rings. The molecule has 3 nitrogen and oxygen atoms in total. The minimum atomic E-state index is 0.711. The van der Waals surface area contributed by atoms with Crippen LogP contribution in [0.2, 0.25) is 5.02 Å².